The highest BCUT2D eigenvalue weighted by Crippen LogP contribution is 2.08. The van der Waals surface area contributed by atoms with Crippen molar-refractivity contribution in [2.45, 2.75) is 25.9 Å². The van der Waals surface area contributed by atoms with E-state index in [1.165, 1.54) is 11.3 Å². The standard InChI is InChI=1S/C9H13NO2S/c1-3-8(12-2)7(11)6-9-10-4-5-13-9/h4-5,8H,3,6H2,1-2H3. The van der Waals surface area contributed by atoms with E-state index >= 15 is 0 Å². The fourth-order valence-electron chi connectivity index (χ4n) is 1.13. The first-order chi connectivity index (χ1) is 6.27. The topological polar surface area (TPSA) is 39.2 Å². The zero-order valence-corrected chi connectivity index (χ0v) is 8.63. The molecule has 72 valence electrons. The largest absolute Gasteiger partial charge is 0.374 e. The summed E-state index contributed by atoms with van der Waals surface area (Å²) in [5, 5.41) is 2.73. The third kappa shape index (κ3) is 2.90. The molecule has 0 N–H and O–H groups in total. The van der Waals surface area contributed by atoms with Gasteiger partial charge in [0.25, 0.3) is 0 Å². The summed E-state index contributed by atoms with van der Waals surface area (Å²) in [6.45, 7) is 1.94. The van der Waals surface area contributed by atoms with E-state index in [-0.39, 0.29) is 11.9 Å². The lowest BCUT2D eigenvalue weighted by Crippen LogP contribution is -2.23. The molecule has 0 radical (unpaired) electrons. The molecule has 3 nitrogen and oxygen atoms in total. The molecule has 0 saturated carbocycles. The molecule has 0 aromatic carbocycles. The summed E-state index contributed by atoms with van der Waals surface area (Å²) in [5.41, 5.74) is 0. The third-order valence-corrected chi connectivity index (χ3v) is 2.60. The predicted octanol–water partition coefficient (Wildman–Crippen LogP) is 1.68. The van der Waals surface area contributed by atoms with Crippen LogP contribution in [-0.4, -0.2) is 24.0 Å². The lowest BCUT2D eigenvalue weighted by molar-refractivity contribution is -0.128. The number of Topliss-reactive ketones (excluding diaryl/α,β-unsaturated/α-hetero) is 1. The monoisotopic (exact) mass is 199 g/mol. The Morgan fingerprint density at radius 2 is 2.54 bits per heavy atom. The Bertz CT molecular complexity index is 255. The number of carbonyl (C=O) groups is 1. The van der Waals surface area contributed by atoms with Gasteiger partial charge in [0.1, 0.15) is 6.10 Å². The van der Waals surface area contributed by atoms with E-state index < -0.39 is 0 Å². The maximum Gasteiger partial charge on any atom is 0.168 e. The van der Waals surface area contributed by atoms with E-state index in [1.807, 2.05) is 12.3 Å². The number of carbonyl (C=O) groups excluding carboxylic acids is 1. The molecular formula is C9H13NO2S. The number of nitrogens with zero attached hydrogens (tertiary/aromatic N) is 1. The van der Waals surface area contributed by atoms with Crippen LogP contribution in [0.4, 0.5) is 0 Å². The summed E-state index contributed by atoms with van der Waals surface area (Å²) in [5.74, 6) is 0.111. The van der Waals surface area contributed by atoms with Crippen LogP contribution in [0.5, 0.6) is 0 Å². The van der Waals surface area contributed by atoms with Crippen molar-refractivity contribution in [2.24, 2.45) is 0 Å². The fraction of sp³-hybridized carbons (Fsp3) is 0.556. The van der Waals surface area contributed by atoms with Crippen molar-refractivity contribution < 1.29 is 9.53 Å². The molecule has 1 aromatic rings. The van der Waals surface area contributed by atoms with Crippen molar-refractivity contribution in [3.8, 4) is 0 Å². The normalized spacial score (nSPS) is 12.8. The number of ketones is 1. The zero-order valence-electron chi connectivity index (χ0n) is 7.82. The van der Waals surface area contributed by atoms with Crippen LogP contribution in [-0.2, 0) is 16.0 Å². The number of rotatable bonds is 5. The average molecular weight is 199 g/mol. The first kappa shape index (κ1) is 10.3. The fourth-order valence-corrected chi connectivity index (χ4v) is 1.76. The number of methoxy groups -OCH3 is 1. The molecule has 1 aromatic heterocycles. The van der Waals surface area contributed by atoms with Crippen LogP contribution in [0.2, 0.25) is 0 Å². The average Bonchev–Trinajstić information content (AvgIpc) is 2.59. The lowest BCUT2D eigenvalue weighted by Gasteiger charge is -2.09. The lowest BCUT2D eigenvalue weighted by atomic mass is 10.1. The van der Waals surface area contributed by atoms with Gasteiger partial charge in [-0.15, -0.1) is 11.3 Å². The van der Waals surface area contributed by atoms with Crippen LogP contribution < -0.4 is 0 Å². The van der Waals surface area contributed by atoms with Crippen LogP contribution in [0, 0.1) is 0 Å². The van der Waals surface area contributed by atoms with Crippen molar-refractivity contribution in [1.29, 1.82) is 0 Å². The molecule has 0 fully saturated rings. The van der Waals surface area contributed by atoms with E-state index in [1.54, 1.807) is 13.3 Å². The highest BCUT2D eigenvalue weighted by Gasteiger charge is 2.16. The van der Waals surface area contributed by atoms with Crippen molar-refractivity contribution in [3.05, 3.63) is 16.6 Å². The Balaban J connectivity index is 2.49. The van der Waals surface area contributed by atoms with Gasteiger partial charge in [-0.2, -0.15) is 0 Å². The summed E-state index contributed by atoms with van der Waals surface area (Å²) in [7, 11) is 1.56. The number of hydrogen-bond acceptors (Lipinski definition) is 4. The summed E-state index contributed by atoms with van der Waals surface area (Å²) in [6, 6.07) is 0. The molecule has 0 aliphatic carbocycles. The SMILES string of the molecule is CCC(OC)C(=O)Cc1nccs1. The molecule has 0 aliphatic rings. The van der Waals surface area contributed by atoms with Crippen LogP contribution in [0.3, 0.4) is 0 Å². The summed E-state index contributed by atoms with van der Waals surface area (Å²) in [6.07, 6.45) is 2.55. The molecule has 4 heteroatoms. The van der Waals surface area contributed by atoms with Crippen LogP contribution in [0.25, 0.3) is 0 Å². The summed E-state index contributed by atoms with van der Waals surface area (Å²) < 4.78 is 5.04. The van der Waals surface area contributed by atoms with Gasteiger partial charge >= 0.3 is 0 Å². The predicted molar refractivity (Wildman–Crippen MR) is 51.9 cm³/mol. The van der Waals surface area contributed by atoms with Crippen molar-refractivity contribution in [1.82, 2.24) is 4.98 Å². The Hall–Kier alpha value is -0.740. The van der Waals surface area contributed by atoms with Crippen molar-refractivity contribution >= 4 is 17.1 Å². The van der Waals surface area contributed by atoms with Gasteiger partial charge in [0.05, 0.1) is 11.4 Å². The van der Waals surface area contributed by atoms with Gasteiger partial charge in [-0.3, -0.25) is 4.79 Å². The minimum Gasteiger partial charge on any atom is -0.374 e. The van der Waals surface area contributed by atoms with Gasteiger partial charge in [0, 0.05) is 18.7 Å². The Morgan fingerprint density at radius 3 is 3.00 bits per heavy atom. The third-order valence-electron chi connectivity index (χ3n) is 1.82. The molecule has 1 unspecified atom stereocenters. The smallest absolute Gasteiger partial charge is 0.168 e. The summed E-state index contributed by atoms with van der Waals surface area (Å²) in [4.78, 5) is 15.6. The number of thiazole rings is 1. The minimum atomic E-state index is -0.274. The second-order valence-corrected chi connectivity index (χ2v) is 3.68. The quantitative estimate of drug-likeness (QED) is 0.724. The van der Waals surface area contributed by atoms with Gasteiger partial charge in [0.15, 0.2) is 5.78 Å². The van der Waals surface area contributed by atoms with E-state index in [9.17, 15) is 4.79 Å². The van der Waals surface area contributed by atoms with Gasteiger partial charge in [-0.05, 0) is 6.42 Å². The molecule has 13 heavy (non-hydrogen) atoms. The second-order valence-electron chi connectivity index (χ2n) is 2.70. The molecule has 1 atom stereocenters. The van der Waals surface area contributed by atoms with E-state index in [0.717, 1.165) is 11.4 Å². The van der Waals surface area contributed by atoms with Crippen LogP contribution >= 0.6 is 11.3 Å². The van der Waals surface area contributed by atoms with Crippen LogP contribution in [0.1, 0.15) is 18.4 Å². The molecule has 0 saturated heterocycles. The second kappa shape index (κ2) is 5.09. The first-order valence-electron chi connectivity index (χ1n) is 4.21. The molecule has 1 rings (SSSR count). The summed E-state index contributed by atoms with van der Waals surface area (Å²) >= 11 is 1.50. The van der Waals surface area contributed by atoms with Crippen molar-refractivity contribution in [2.75, 3.05) is 7.11 Å². The maximum absolute atomic E-state index is 11.5. The van der Waals surface area contributed by atoms with Crippen LogP contribution in [0.15, 0.2) is 11.6 Å². The molecule has 0 spiro atoms. The Labute approximate surface area is 81.8 Å². The van der Waals surface area contributed by atoms with Gasteiger partial charge in [-0.25, -0.2) is 4.98 Å². The highest BCUT2D eigenvalue weighted by atomic mass is 32.1. The van der Waals surface area contributed by atoms with Gasteiger partial charge in [0.2, 0.25) is 0 Å². The van der Waals surface area contributed by atoms with E-state index in [4.69, 9.17) is 4.74 Å². The molecule has 0 aliphatic heterocycles. The number of ether oxygens (including phenoxy) is 1. The minimum absolute atomic E-state index is 0.111. The van der Waals surface area contributed by atoms with E-state index in [2.05, 4.69) is 4.98 Å². The zero-order chi connectivity index (χ0) is 9.68. The van der Waals surface area contributed by atoms with Crippen molar-refractivity contribution in [3.63, 3.8) is 0 Å². The molecule has 0 amide bonds. The highest BCUT2D eigenvalue weighted by molar-refractivity contribution is 7.09. The Morgan fingerprint density at radius 1 is 1.77 bits per heavy atom. The molecule has 1 heterocycles. The first-order valence-corrected chi connectivity index (χ1v) is 5.09. The van der Waals surface area contributed by atoms with E-state index in [0.29, 0.717) is 6.42 Å². The number of aromatic nitrogens is 1. The maximum atomic E-state index is 11.5. The van der Waals surface area contributed by atoms with Gasteiger partial charge < -0.3 is 4.74 Å². The molecular weight excluding hydrogens is 186 g/mol. The van der Waals surface area contributed by atoms with Gasteiger partial charge in [-0.1, -0.05) is 6.92 Å². The Kier molecular flexibility index (Phi) is 4.05. The molecule has 0 bridgehead atoms. The number of hydrogen-bond donors (Lipinski definition) is 0.